The van der Waals surface area contributed by atoms with Gasteiger partial charge in [0.05, 0.1) is 0 Å². The van der Waals surface area contributed by atoms with Gasteiger partial charge in [0.25, 0.3) is 0 Å². The Morgan fingerprint density at radius 3 is 1.52 bits per heavy atom. The van der Waals surface area contributed by atoms with Crippen LogP contribution in [0.4, 0.5) is 0 Å². The maximum absolute atomic E-state index is 6.49. The van der Waals surface area contributed by atoms with Crippen molar-refractivity contribution in [2.75, 3.05) is 0 Å². The molecule has 2 aliphatic carbocycles. The van der Waals surface area contributed by atoms with Crippen LogP contribution in [0, 0.1) is 0 Å². The fraction of sp³-hybridized carbons (Fsp3) is 0.273. The minimum atomic E-state index is -1.90. The molecule has 0 spiro atoms. The molecule has 2 aliphatic rings. The molecule has 0 radical (unpaired) electrons. The molecule has 2 unspecified atom stereocenters. The van der Waals surface area contributed by atoms with Gasteiger partial charge in [-0.1, -0.05) is 109 Å². The van der Waals surface area contributed by atoms with E-state index < -0.39 is 8.07 Å². The van der Waals surface area contributed by atoms with Gasteiger partial charge >= 0.3 is 0 Å². The lowest BCUT2D eigenvalue weighted by Gasteiger charge is -2.31. The second-order valence-corrected chi connectivity index (χ2v) is 12.9. The molecule has 0 nitrogen and oxygen atoms in total. The number of allylic oxidation sites excluding steroid dienone is 2. The number of fused-ring (bicyclic) bond motifs is 2. The summed E-state index contributed by atoms with van der Waals surface area (Å²) in [7, 11) is -1.90. The molecule has 0 heterocycles. The summed E-state index contributed by atoms with van der Waals surface area (Å²) < 4.78 is 0. The fourth-order valence-corrected chi connectivity index (χ4v) is 8.64. The summed E-state index contributed by atoms with van der Waals surface area (Å²) in [6, 6.07) is 13.3. The third-order valence-electron chi connectivity index (χ3n) is 5.78. The van der Waals surface area contributed by atoms with E-state index in [1.54, 1.807) is 0 Å². The zero-order valence-electron chi connectivity index (χ0n) is 15.0. The van der Waals surface area contributed by atoms with Gasteiger partial charge in [-0.15, -0.1) is 0 Å². The van der Waals surface area contributed by atoms with Gasteiger partial charge in [0, 0.05) is 21.9 Å². The van der Waals surface area contributed by atoms with Crippen LogP contribution in [0.15, 0.2) is 48.6 Å². The van der Waals surface area contributed by atoms with Crippen molar-refractivity contribution in [2.24, 2.45) is 0 Å². The van der Waals surface area contributed by atoms with E-state index in [1.165, 1.54) is 32.6 Å². The molecule has 0 saturated carbocycles. The zero-order valence-corrected chi connectivity index (χ0v) is 17.5. The van der Waals surface area contributed by atoms with Crippen molar-refractivity contribution < 1.29 is 0 Å². The normalized spacial score (nSPS) is 21.7. The first-order valence-electron chi connectivity index (χ1n) is 8.84. The van der Waals surface area contributed by atoms with Crippen LogP contribution in [0.25, 0.3) is 10.1 Å². The van der Waals surface area contributed by atoms with Crippen LogP contribution in [0.1, 0.15) is 47.9 Å². The second kappa shape index (κ2) is 5.87. The van der Waals surface area contributed by atoms with Gasteiger partial charge in [-0.05, 0) is 22.3 Å². The Labute approximate surface area is 161 Å². The van der Waals surface area contributed by atoms with E-state index in [4.69, 9.17) is 23.2 Å². The third-order valence-corrected chi connectivity index (χ3v) is 10.0. The first kappa shape index (κ1) is 17.1. The topological polar surface area (TPSA) is 0 Å². The molecule has 0 saturated heterocycles. The maximum atomic E-state index is 6.49. The number of hydrogen-bond acceptors (Lipinski definition) is 0. The molecular weight excluding hydrogens is 363 g/mol. The fourth-order valence-electron chi connectivity index (χ4n) is 4.55. The average Bonchev–Trinajstić information content (AvgIpc) is 3.04. The number of rotatable bonds is 2. The predicted molar refractivity (Wildman–Crippen MR) is 114 cm³/mol. The Balaban J connectivity index is 1.93. The highest BCUT2D eigenvalue weighted by Crippen LogP contribution is 2.40. The molecule has 0 aromatic heterocycles. The molecule has 2 aromatic rings. The van der Waals surface area contributed by atoms with Crippen molar-refractivity contribution in [3.8, 4) is 0 Å². The van der Waals surface area contributed by atoms with Crippen LogP contribution in [0.3, 0.4) is 0 Å². The molecule has 2 atom stereocenters. The lowest BCUT2D eigenvalue weighted by molar-refractivity contribution is 0.993. The standard InChI is InChI=1S/C22H22Cl2Si/c1-13-11-17(23)15-7-5-9-19(21(13)15)25(3,4)20-10-6-8-16-18(24)12-14(2)22(16)20/h5-14H,1-4H3. The van der Waals surface area contributed by atoms with Crippen LogP contribution in [0.2, 0.25) is 13.1 Å². The molecule has 0 fully saturated rings. The van der Waals surface area contributed by atoms with Crippen molar-refractivity contribution in [3.63, 3.8) is 0 Å². The summed E-state index contributed by atoms with van der Waals surface area (Å²) in [4.78, 5) is 0. The summed E-state index contributed by atoms with van der Waals surface area (Å²) in [5.74, 6) is 0.753. The summed E-state index contributed by atoms with van der Waals surface area (Å²) >= 11 is 13.0. The van der Waals surface area contributed by atoms with Crippen molar-refractivity contribution in [1.29, 1.82) is 0 Å². The first-order chi connectivity index (χ1) is 11.8. The van der Waals surface area contributed by atoms with Gasteiger partial charge in [0.2, 0.25) is 0 Å². The lowest BCUT2D eigenvalue weighted by atomic mass is 10.0. The van der Waals surface area contributed by atoms with E-state index in [-0.39, 0.29) is 0 Å². The van der Waals surface area contributed by atoms with Gasteiger partial charge < -0.3 is 0 Å². The number of hydrogen-bond donors (Lipinski definition) is 0. The van der Waals surface area contributed by atoms with Crippen LogP contribution in [-0.2, 0) is 0 Å². The van der Waals surface area contributed by atoms with Gasteiger partial charge in [-0.2, -0.15) is 0 Å². The SMILES string of the molecule is CC1C=C(Cl)c2cccc([Si](C)(C)c3cccc4c3C(C)C=C4Cl)c21. The van der Waals surface area contributed by atoms with E-state index in [9.17, 15) is 0 Å². The van der Waals surface area contributed by atoms with E-state index in [0.29, 0.717) is 11.8 Å². The van der Waals surface area contributed by atoms with Crippen molar-refractivity contribution in [3.05, 3.63) is 70.8 Å². The molecule has 0 aliphatic heterocycles. The highest BCUT2D eigenvalue weighted by Gasteiger charge is 2.36. The van der Waals surface area contributed by atoms with Crippen molar-refractivity contribution in [1.82, 2.24) is 0 Å². The van der Waals surface area contributed by atoms with Gasteiger partial charge in [0.1, 0.15) is 8.07 Å². The minimum absolute atomic E-state index is 0.376. The Kier molecular flexibility index (Phi) is 4.03. The average molecular weight is 385 g/mol. The number of benzene rings is 2. The lowest BCUT2D eigenvalue weighted by Crippen LogP contribution is -2.56. The summed E-state index contributed by atoms with van der Waals surface area (Å²) in [5, 5.41) is 4.78. The van der Waals surface area contributed by atoms with Crippen molar-refractivity contribution in [2.45, 2.75) is 38.8 Å². The quantitative estimate of drug-likeness (QED) is 0.565. The molecule has 25 heavy (non-hydrogen) atoms. The smallest absolute Gasteiger partial charge is 0.0840 e. The maximum Gasteiger partial charge on any atom is 0.113 e. The Morgan fingerprint density at radius 1 is 0.720 bits per heavy atom. The van der Waals surface area contributed by atoms with Crippen LogP contribution < -0.4 is 10.4 Å². The predicted octanol–water partition coefficient (Wildman–Crippen LogP) is 5.90. The van der Waals surface area contributed by atoms with Gasteiger partial charge in [-0.3, -0.25) is 0 Å². The Bertz CT molecular complexity index is 862. The largest absolute Gasteiger partial charge is 0.113 e. The van der Waals surface area contributed by atoms with E-state index in [1.807, 2.05) is 0 Å². The molecule has 0 N–H and O–H groups in total. The third kappa shape index (κ3) is 2.48. The zero-order chi connectivity index (χ0) is 17.9. The molecule has 0 bridgehead atoms. The Morgan fingerprint density at radius 2 is 1.12 bits per heavy atom. The van der Waals surface area contributed by atoms with E-state index in [0.717, 1.165) is 10.1 Å². The number of halogens is 2. The summed E-state index contributed by atoms with van der Waals surface area (Å²) in [6.07, 6.45) is 4.35. The van der Waals surface area contributed by atoms with Crippen LogP contribution in [0.5, 0.6) is 0 Å². The highest BCUT2D eigenvalue weighted by molar-refractivity contribution is 7.01. The molecule has 2 aromatic carbocycles. The van der Waals surface area contributed by atoms with Crippen LogP contribution >= 0.6 is 23.2 Å². The molecular formula is C22H22Cl2Si. The molecule has 128 valence electrons. The van der Waals surface area contributed by atoms with Gasteiger partial charge in [0.15, 0.2) is 0 Å². The van der Waals surface area contributed by atoms with Crippen molar-refractivity contribution >= 4 is 51.7 Å². The molecule has 3 heteroatoms. The van der Waals surface area contributed by atoms with Crippen LogP contribution in [-0.4, -0.2) is 8.07 Å². The van der Waals surface area contributed by atoms with E-state index >= 15 is 0 Å². The first-order valence-corrected chi connectivity index (χ1v) is 12.6. The summed E-state index contributed by atoms with van der Waals surface area (Å²) in [5.41, 5.74) is 5.27. The second-order valence-electron chi connectivity index (χ2n) is 7.77. The van der Waals surface area contributed by atoms with E-state index in [2.05, 4.69) is 75.5 Å². The highest BCUT2D eigenvalue weighted by atomic mass is 35.5. The van der Waals surface area contributed by atoms with Gasteiger partial charge in [-0.25, -0.2) is 0 Å². The monoisotopic (exact) mass is 384 g/mol. The molecule has 0 amide bonds. The Hall–Kier alpha value is -1.28. The minimum Gasteiger partial charge on any atom is -0.0840 e. The summed E-state index contributed by atoms with van der Waals surface area (Å²) in [6.45, 7) is 9.41. The molecule has 4 rings (SSSR count).